The molecule has 0 aromatic carbocycles. The van der Waals surface area contributed by atoms with E-state index in [-0.39, 0.29) is 5.78 Å². The van der Waals surface area contributed by atoms with Gasteiger partial charge in [0.1, 0.15) is 11.5 Å². The molecule has 1 aromatic rings. The van der Waals surface area contributed by atoms with Crippen LogP contribution in [0.4, 0.5) is 0 Å². The minimum atomic E-state index is 0.0294. The first kappa shape index (κ1) is 8.78. The predicted molar refractivity (Wildman–Crippen MR) is 47.9 cm³/mol. The lowest BCUT2D eigenvalue weighted by molar-refractivity contribution is -0.112. The smallest absolute Gasteiger partial charge is 0.152 e. The fourth-order valence-electron chi connectivity index (χ4n) is 0.883. The Morgan fingerprint density at radius 3 is 2.58 bits per heavy atom. The van der Waals surface area contributed by atoms with E-state index in [1.54, 1.807) is 6.08 Å². The van der Waals surface area contributed by atoms with Crippen LogP contribution in [-0.4, -0.2) is 5.78 Å². The molecular weight excluding hydrogens is 152 g/mol. The summed E-state index contributed by atoms with van der Waals surface area (Å²) in [5.74, 6) is 1.67. The normalized spacial score (nSPS) is 10.9. The Morgan fingerprint density at radius 1 is 1.50 bits per heavy atom. The number of allylic oxidation sites excluding steroid dienone is 1. The molecule has 0 spiro atoms. The molecule has 12 heavy (non-hydrogen) atoms. The Bertz CT molecular complexity index is 299. The zero-order chi connectivity index (χ0) is 9.14. The molecule has 1 rings (SSSR count). The Morgan fingerprint density at radius 2 is 2.17 bits per heavy atom. The second kappa shape index (κ2) is 3.39. The quantitative estimate of drug-likeness (QED) is 0.628. The lowest BCUT2D eigenvalue weighted by Gasteiger charge is -1.83. The van der Waals surface area contributed by atoms with Gasteiger partial charge in [-0.3, -0.25) is 4.79 Å². The average molecular weight is 164 g/mol. The van der Waals surface area contributed by atoms with Crippen LogP contribution in [0.3, 0.4) is 0 Å². The van der Waals surface area contributed by atoms with Crippen LogP contribution in [0.15, 0.2) is 16.6 Å². The van der Waals surface area contributed by atoms with Crippen molar-refractivity contribution < 1.29 is 9.21 Å². The molecule has 0 amide bonds. The van der Waals surface area contributed by atoms with Gasteiger partial charge in [0.15, 0.2) is 5.78 Å². The molecule has 64 valence electrons. The van der Waals surface area contributed by atoms with Crippen LogP contribution in [0.1, 0.15) is 24.0 Å². The van der Waals surface area contributed by atoms with Crippen molar-refractivity contribution in [2.24, 2.45) is 0 Å². The molecule has 0 saturated heterocycles. The average Bonchev–Trinajstić information content (AvgIpc) is 2.28. The van der Waals surface area contributed by atoms with Crippen LogP contribution in [0, 0.1) is 13.8 Å². The van der Waals surface area contributed by atoms with Gasteiger partial charge in [-0.2, -0.15) is 0 Å². The molecule has 0 bridgehead atoms. The molecule has 0 atom stereocenters. The van der Waals surface area contributed by atoms with E-state index >= 15 is 0 Å². The first-order valence-electron chi connectivity index (χ1n) is 3.85. The number of carbonyl (C=O) groups is 1. The highest BCUT2D eigenvalue weighted by Crippen LogP contribution is 2.14. The molecule has 0 aliphatic heterocycles. The molecule has 0 aliphatic rings. The molecule has 2 nitrogen and oxygen atoms in total. The molecular formula is C10H12O2. The van der Waals surface area contributed by atoms with Gasteiger partial charge >= 0.3 is 0 Å². The maximum absolute atomic E-state index is 10.6. The summed E-state index contributed by atoms with van der Waals surface area (Å²) in [5, 5.41) is 0. The molecule has 0 fully saturated rings. The van der Waals surface area contributed by atoms with Gasteiger partial charge in [0.2, 0.25) is 0 Å². The van der Waals surface area contributed by atoms with Crippen molar-refractivity contribution in [1.29, 1.82) is 0 Å². The summed E-state index contributed by atoms with van der Waals surface area (Å²) >= 11 is 0. The highest BCUT2D eigenvalue weighted by Gasteiger charge is 1.99. The third-order valence-electron chi connectivity index (χ3n) is 1.67. The SMILES string of the molecule is CC(=O)/C=C/c1cc(C)c(C)o1. The fraction of sp³-hybridized carbons (Fsp3) is 0.300. The molecule has 2 heteroatoms. The number of rotatable bonds is 2. The predicted octanol–water partition coefficient (Wildman–Crippen LogP) is 2.50. The fourth-order valence-corrected chi connectivity index (χ4v) is 0.883. The number of ketones is 1. The maximum atomic E-state index is 10.6. The van der Waals surface area contributed by atoms with E-state index in [4.69, 9.17) is 4.42 Å². The highest BCUT2D eigenvalue weighted by molar-refractivity contribution is 5.91. The first-order chi connectivity index (χ1) is 5.59. The lowest BCUT2D eigenvalue weighted by atomic mass is 10.2. The molecule has 1 aromatic heterocycles. The van der Waals surface area contributed by atoms with Gasteiger partial charge in [-0.05, 0) is 44.6 Å². The van der Waals surface area contributed by atoms with Crippen molar-refractivity contribution in [2.75, 3.05) is 0 Å². The Kier molecular flexibility index (Phi) is 2.48. The van der Waals surface area contributed by atoms with Gasteiger partial charge in [0.25, 0.3) is 0 Å². The summed E-state index contributed by atoms with van der Waals surface area (Å²) in [4.78, 5) is 10.6. The third kappa shape index (κ3) is 2.09. The van der Waals surface area contributed by atoms with E-state index in [9.17, 15) is 4.79 Å². The van der Waals surface area contributed by atoms with Crippen LogP contribution >= 0.6 is 0 Å². The van der Waals surface area contributed by atoms with E-state index in [1.807, 2.05) is 19.9 Å². The minimum absolute atomic E-state index is 0.0294. The van der Waals surface area contributed by atoms with Crippen molar-refractivity contribution in [1.82, 2.24) is 0 Å². The van der Waals surface area contributed by atoms with Crippen LogP contribution in [0.5, 0.6) is 0 Å². The van der Waals surface area contributed by atoms with E-state index in [1.165, 1.54) is 13.0 Å². The molecule has 0 N–H and O–H groups in total. The van der Waals surface area contributed by atoms with Gasteiger partial charge in [-0.1, -0.05) is 0 Å². The summed E-state index contributed by atoms with van der Waals surface area (Å²) < 4.78 is 5.33. The molecule has 0 radical (unpaired) electrons. The third-order valence-corrected chi connectivity index (χ3v) is 1.67. The molecule has 0 aliphatic carbocycles. The monoisotopic (exact) mass is 164 g/mol. The zero-order valence-corrected chi connectivity index (χ0v) is 7.55. The van der Waals surface area contributed by atoms with Crippen molar-refractivity contribution >= 4 is 11.9 Å². The summed E-state index contributed by atoms with van der Waals surface area (Å²) in [7, 11) is 0. The van der Waals surface area contributed by atoms with Gasteiger partial charge in [0.05, 0.1) is 0 Å². The highest BCUT2D eigenvalue weighted by atomic mass is 16.3. The Labute approximate surface area is 71.9 Å². The van der Waals surface area contributed by atoms with Gasteiger partial charge in [-0.25, -0.2) is 0 Å². The van der Waals surface area contributed by atoms with Crippen molar-refractivity contribution in [3.05, 3.63) is 29.2 Å². The van der Waals surface area contributed by atoms with Gasteiger partial charge in [0, 0.05) is 0 Å². The number of aryl methyl sites for hydroxylation is 2. The number of hydrogen-bond acceptors (Lipinski definition) is 2. The van der Waals surface area contributed by atoms with E-state index < -0.39 is 0 Å². The standard InChI is InChI=1S/C10H12O2/c1-7-6-10(12-9(7)3)5-4-8(2)11/h4-6H,1-3H3/b5-4+. The summed E-state index contributed by atoms with van der Waals surface area (Å²) in [6.07, 6.45) is 3.18. The second-order valence-electron chi connectivity index (χ2n) is 2.83. The van der Waals surface area contributed by atoms with Crippen LogP contribution in [0.2, 0.25) is 0 Å². The van der Waals surface area contributed by atoms with E-state index in [2.05, 4.69) is 0 Å². The van der Waals surface area contributed by atoms with E-state index in [0.29, 0.717) is 0 Å². The zero-order valence-electron chi connectivity index (χ0n) is 7.55. The lowest BCUT2D eigenvalue weighted by Crippen LogP contribution is -1.78. The van der Waals surface area contributed by atoms with Crippen LogP contribution < -0.4 is 0 Å². The summed E-state index contributed by atoms with van der Waals surface area (Å²) in [6, 6.07) is 1.91. The van der Waals surface area contributed by atoms with Crippen LogP contribution in [-0.2, 0) is 4.79 Å². The summed E-state index contributed by atoms with van der Waals surface area (Å²) in [6.45, 7) is 5.39. The van der Waals surface area contributed by atoms with E-state index in [0.717, 1.165) is 17.1 Å². The molecule has 0 saturated carbocycles. The van der Waals surface area contributed by atoms with Crippen molar-refractivity contribution in [3.63, 3.8) is 0 Å². The Balaban J connectivity index is 2.83. The van der Waals surface area contributed by atoms with Gasteiger partial charge in [-0.15, -0.1) is 0 Å². The molecule has 1 heterocycles. The van der Waals surface area contributed by atoms with Gasteiger partial charge < -0.3 is 4.42 Å². The number of hydrogen-bond donors (Lipinski definition) is 0. The topological polar surface area (TPSA) is 30.2 Å². The molecule has 0 unspecified atom stereocenters. The Hall–Kier alpha value is -1.31. The number of carbonyl (C=O) groups excluding carboxylic acids is 1. The maximum Gasteiger partial charge on any atom is 0.152 e. The largest absolute Gasteiger partial charge is 0.462 e. The number of furan rings is 1. The van der Waals surface area contributed by atoms with Crippen LogP contribution in [0.25, 0.3) is 6.08 Å². The minimum Gasteiger partial charge on any atom is -0.462 e. The second-order valence-corrected chi connectivity index (χ2v) is 2.83. The van der Waals surface area contributed by atoms with Crippen molar-refractivity contribution in [3.8, 4) is 0 Å². The first-order valence-corrected chi connectivity index (χ1v) is 3.85. The van der Waals surface area contributed by atoms with Crippen molar-refractivity contribution in [2.45, 2.75) is 20.8 Å². The summed E-state index contributed by atoms with van der Waals surface area (Å²) in [5.41, 5.74) is 1.11.